The number of hydrogen-bond donors (Lipinski definition) is 0. The van der Waals surface area contributed by atoms with Crippen molar-refractivity contribution in [3.8, 4) is 11.1 Å². The first-order valence-electron chi connectivity index (χ1n) is 12.9. The number of hydrogen-bond acceptors (Lipinski definition) is 6. The van der Waals surface area contributed by atoms with Crippen LogP contribution in [0.1, 0.15) is 32.0 Å². The summed E-state index contributed by atoms with van der Waals surface area (Å²) in [6.45, 7) is 0.132. The van der Waals surface area contributed by atoms with Gasteiger partial charge < -0.3 is 14.0 Å². The number of carbonyl (C=O) groups excluding carboxylic acids is 2. The van der Waals surface area contributed by atoms with Crippen molar-refractivity contribution in [1.29, 1.82) is 0 Å². The number of halogens is 1. The van der Waals surface area contributed by atoms with Gasteiger partial charge in [0.2, 0.25) is 0 Å². The van der Waals surface area contributed by atoms with Crippen molar-refractivity contribution in [1.82, 2.24) is 4.57 Å². The van der Waals surface area contributed by atoms with Gasteiger partial charge in [0.1, 0.15) is 11.4 Å². The second-order valence-corrected chi connectivity index (χ2v) is 11.9. The number of nitrogens with zero attached hydrogens (tertiary/aromatic N) is 1. The molecule has 212 valence electrons. The Hall–Kier alpha value is -4.18. The molecule has 0 radical (unpaired) electrons. The standard InChI is InChI=1S/C33H26BrNO6S/c1-40-32(37)24-12-15-26(16-13-24)42(39)20-22-10-8-21(9-11-22)19-35-30(33(38)41-2)29(23-6-4-3-5-7-23)28-18-25(34)14-17-27(28)31(35)36/h3-18H,19-20H2,1-2H3. The average Bonchev–Trinajstić information content (AvgIpc) is 3.02. The third-order valence-electron chi connectivity index (χ3n) is 6.87. The number of methoxy groups -OCH3 is 2. The fourth-order valence-corrected chi connectivity index (χ4v) is 6.26. The highest BCUT2D eigenvalue weighted by molar-refractivity contribution is 9.10. The summed E-state index contributed by atoms with van der Waals surface area (Å²) < 4.78 is 25.1. The van der Waals surface area contributed by atoms with Crippen molar-refractivity contribution in [2.24, 2.45) is 0 Å². The molecule has 1 unspecified atom stereocenters. The van der Waals surface area contributed by atoms with E-state index >= 15 is 0 Å². The smallest absolute Gasteiger partial charge is 0.355 e. The summed E-state index contributed by atoms with van der Waals surface area (Å²) in [5.41, 5.74) is 3.27. The van der Waals surface area contributed by atoms with Crippen LogP contribution in [0.3, 0.4) is 0 Å². The van der Waals surface area contributed by atoms with Gasteiger partial charge in [-0.2, -0.15) is 0 Å². The van der Waals surface area contributed by atoms with Gasteiger partial charge in [0.05, 0.1) is 26.3 Å². The van der Waals surface area contributed by atoms with Crippen LogP contribution in [0.2, 0.25) is 0 Å². The number of ether oxygens (including phenoxy) is 2. The van der Waals surface area contributed by atoms with Gasteiger partial charge >= 0.3 is 11.9 Å². The molecule has 9 heteroatoms. The van der Waals surface area contributed by atoms with Gasteiger partial charge in [-0.1, -0.05) is 70.5 Å². The van der Waals surface area contributed by atoms with Crippen LogP contribution in [0.4, 0.5) is 0 Å². The molecule has 1 atom stereocenters. The zero-order valence-corrected chi connectivity index (χ0v) is 25.2. The van der Waals surface area contributed by atoms with E-state index in [0.29, 0.717) is 26.8 Å². The highest BCUT2D eigenvalue weighted by atomic mass is 79.9. The summed E-state index contributed by atoms with van der Waals surface area (Å²) in [7, 11) is 2.61. The molecule has 0 saturated heterocycles. The van der Waals surface area contributed by atoms with Gasteiger partial charge in [-0.05, 0) is 70.2 Å². The number of rotatable bonds is 8. The molecule has 7 nitrogen and oxygen atoms in total. The van der Waals surface area contributed by atoms with Crippen LogP contribution in [0, 0.1) is 0 Å². The van der Waals surface area contributed by atoms with Crippen LogP contribution in [-0.4, -0.2) is 35.3 Å². The first-order chi connectivity index (χ1) is 20.3. The van der Waals surface area contributed by atoms with Crippen molar-refractivity contribution in [2.45, 2.75) is 17.2 Å². The van der Waals surface area contributed by atoms with Gasteiger partial charge in [0.25, 0.3) is 5.56 Å². The monoisotopic (exact) mass is 643 g/mol. The molecule has 0 fully saturated rings. The summed E-state index contributed by atoms with van der Waals surface area (Å²) in [4.78, 5) is 39.3. The Morgan fingerprint density at radius 1 is 0.810 bits per heavy atom. The minimum Gasteiger partial charge on any atom is -0.611 e. The topological polar surface area (TPSA) is 97.7 Å². The Kier molecular flexibility index (Phi) is 8.91. The Bertz CT molecular complexity index is 1820. The normalized spacial score (nSPS) is 11.7. The molecule has 0 aliphatic heterocycles. The third kappa shape index (κ3) is 6.04. The summed E-state index contributed by atoms with van der Waals surface area (Å²) in [5.74, 6) is -0.792. The Labute approximate surface area is 254 Å². The van der Waals surface area contributed by atoms with Gasteiger partial charge in [0, 0.05) is 21.0 Å². The number of aromatic nitrogens is 1. The molecule has 0 bridgehead atoms. The number of carbonyl (C=O) groups is 2. The first kappa shape index (κ1) is 29.3. The molecule has 0 amide bonds. The molecule has 5 aromatic rings. The summed E-state index contributed by atoms with van der Waals surface area (Å²) in [6, 6.07) is 28.7. The van der Waals surface area contributed by atoms with E-state index in [-0.39, 0.29) is 23.6 Å². The van der Waals surface area contributed by atoms with Crippen molar-refractivity contribution in [3.05, 3.63) is 134 Å². The fourth-order valence-electron chi connectivity index (χ4n) is 4.79. The molecular formula is C33H26BrNO6S. The first-order valence-corrected chi connectivity index (χ1v) is 15.1. The molecule has 1 heterocycles. The minimum atomic E-state index is -1.33. The van der Waals surface area contributed by atoms with Crippen molar-refractivity contribution in [2.75, 3.05) is 14.2 Å². The van der Waals surface area contributed by atoms with Crippen LogP contribution < -0.4 is 5.56 Å². The number of fused-ring (bicyclic) bond motifs is 1. The largest absolute Gasteiger partial charge is 0.611 e. The molecule has 0 saturated carbocycles. The average molecular weight is 645 g/mol. The lowest BCUT2D eigenvalue weighted by Gasteiger charge is -2.19. The van der Waals surface area contributed by atoms with Crippen molar-refractivity contribution in [3.63, 3.8) is 0 Å². The molecule has 1 aromatic heterocycles. The molecular weight excluding hydrogens is 618 g/mol. The Morgan fingerprint density at radius 3 is 2.10 bits per heavy atom. The highest BCUT2D eigenvalue weighted by Crippen LogP contribution is 2.33. The van der Waals surface area contributed by atoms with Crippen molar-refractivity contribution >= 4 is 49.8 Å². The maximum Gasteiger partial charge on any atom is 0.355 e. The van der Waals surface area contributed by atoms with Crippen LogP contribution in [0.25, 0.3) is 21.9 Å². The van der Waals surface area contributed by atoms with Crippen LogP contribution in [-0.2, 0) is 32.9 Å². The summed E-state index contributed by atoms with van der Waals surface area (Å²) in [5, 5.41) is 1.13. The number of benzene rings is 4. The number of pyridine rings is 1. The molecule has 0 aliphatic carbocycles. The molecule has 0 spiro atoms. The van der Waals surface area contributed by atoms with Gasteiger partial charge in [-0.3, -0.25) is 9.36 Å². The number of esters is 2. The lowest BCUT2D eigenvalue weighted by molar-refractivity contribution is 0.0584. The predicted molar refractivity (Wildman–Crippen MR) is 166 cm³/mol. The van der Waals surface area contributed by atoms with Crippen molar-refractivity contribution < 1.29 is 23.6 Å². The second-order valence-electron chi connectivity index (χ2n) is 9.48. The molecule has 0 N–H and O–H groups in total. The fraction of sp³-hybridized carbons (Fsp3) is 0.121. The van der Waals surface area contributed by atoms with Crippen LogP contribution in [0.15, 0.2) is 111 Å². The lowest BCUT2D eigenvalue weighted by Crippen LogP contribution is -2.28. The minimum absolute atomic E-state index is 0.132. The van der Waals surface area contributed by atoms with E-state index in [1.54, 1.807) is 36.4 Å². The summed E-state index contributed by atoms with van der Waals surface area (Å²) in [6.07, 6.45) is 0. The second kappa shape index (κ2) is 12.8. The molecule has 5 rings (SSSR count). The summed E-state index contributed by atoms with van der Waals surface area (Å²) >= 11 is 2.17. The zero-order chi connectivity index (χ0) is 29.8. The quantitative estimate of drug-likeness (QED) is 0.144. The van der Waals surface area contributed by atoms with Gasteiger partial charge in [0.15, 0.2) is 4.90 Å². The van der Waals surface area contributed by atoms with Crippen LogP contribution >= 0.6 is 15.9 Å². The SMILES string of the molecule is COC(=O)c1ccc([S+]([O-])Cc2ccc(Cn3c(C(=O)OC)c(-c4ccccc4)c4cc(Br)ccc4c3=O)cc2)cc1. The van der Waals surface area contributed by atoms with E-state index in [9.17, 15) is 18.9 Å². The molecule has 42 heavy (non-hydrogen) atoms. The van der Waals surface area contributed by atoms with Gasteiger partial charge in [-0.25, -0.2) is 9.59 Å². The van der Waals surface area contributed by atoms with Gasteiger partial charge in [-0.15, -0.1) is 0 Å². The van der Waals surface area contributed by atoms with E-state index in [1.807, 2.05) is 60.7 Å². The van der Waals surface area contributed by atoms with E-state index in [2.05, 4.69) is 15.9 Å². The molecule has 4 aromatic carbocycles. The van der Waals surface area contributed by atoms with E-state index in [0.717, 1.165) is 21.2 Å². The highest BCUT2D eigenvalue weighted by Gasteiger charge is 2.24. The Morgan fingerprint density at radius 2 is 1.45 bits per heavy atom. The van der Waals surface area contributed by atoms with E-state index in [1.165, 1.54) is 18.8 Å². The maximum atomic E-state index is 13.8. The van der Waals surface area contributed by atoms with E-state index < -0.39 is 23.1 Å². The molecule has 0 aliphatic rings. The lowest BCUT2D eigenvalue weighted by atomic mass is 9.96. The van der Waals surface area contributed by atoms with E-state index in [4.69, 9.17) is 9.47 Å². The third-order valence-corrected chi connectivity index (χ3v) is 8.76. The van der Waals surface area contributed by atoms with Crippen LogP contribution in [0.5, 0.6) is 0 Å². The maximum absolute atomic E-state index is 13.8. The Balaban J connectivity index is 1.49. The zero-order valence-electron chi connectivity index (χ0n) is 22.8. The predicted octanol–water partition coefficient (Wildman–Crippen LogP) is 6.36.